The van der Waals surface area contributed by atoms with Gasteiger partial charge in [0.1, 0.15) is 0 Å². The maximum Gasteiger partial charge on any atom is 0.339 e. The van der Waals surface area contributed by atoms with Crippen LogP contribution in [0.25, 0.3) is 10.9 Å². The van der Waals surface area contributed by atoms with Gasteiger partial charge in [0.25, 0.3) is 5.91 Å². The van der Waals surface area contributed by atoms with Gasteiger partial charge in [-0.1, -0.05) is 29.8 Å². The first kappa shape index (κ1) is 19.6. The van der Waals surface area contributed by atoms with Gasteiger partial charge in [0.2, 0.25) is 0 Å². The van der Waals surface area contributed by atoms with E-state index in [-0.39, 0.29) is 5.91 Å². The van der Waals surface area contributed by atoms with Crippen molar-refractivity contribution in [1.82, 2.24) is 10.3 Å². The molecule has 1 atom stereocenters. The summed E-state index contributed by atoms with van der Waals surface area (Å²) in [7, 11) is 0. The maximum absolute atomic E-state index is 13.0. The number of aromatic nitrogens is 1. The number of hydrogen-bond donors (Lipinski definition) is 1. The van der Waals surface area contributed by atoms with Crippen molar-refractivity contribution in [3.05, 3.63) is 52.7 Å². The summed E-state index contributed by atoms with van der Waals surface area (Å²) in [6.07, 6.45) is 9.79. The molecule has 0 radical (unpaired) electrons. The number of nitrogens with one attached hydrogen (secondary N) is 1. The Morgan fingerprint density at radius 3 is 2.83 bits per heavy atom. The molecule has 5 heteroatoms. The Hall–Kier alpha value is -2.69. The van der Waals surface area contributed by atoms with Gasteiger partial charge in [-0.3, -0.25) is 9.78 Å². The number of pyridine rings is 1. The predicted octanol–water partition coefficient (Wildman–Crippen LogP) is 4.28. The molecular weight excluding hydrogens is 364 g/mol. The van der Waals surface area contributed by atoms with Crippen LogP contribution in [-0.4, -0.2) is 29.5 Å². The zero-order chi connectivity index (χ0) is 20.2. The molecule has 29 heavy (non-hydrogen) atoms. The fourth-order valence-electron chi connectivity index (χ4n) is 4.34. The Morgan fingerprint density at radius 2 is 2.00 bits per heavy atom. The van der Waals surface area contributed by atoms with Crippen LogP contribution < -0.4 is 5.32 Å². The van der Waals surface area contributed by atoms with Gasteiger partial charge in [0, 0.05) is 17.6 Å². The number of para-hydroxylation sites is 1. The number of carbonyl (C=O) groups excluding carboxylic acids is 2. The van der Waals surface area contributed by atoms with E-state index in [1.54, 1.807) is 6.92 Å². The van der Waals surface area contributed by atoms with Crippen LogP contribution in [-0.2, 0) is 22.4 Å². The highest BCUT2D eigenvalue weighted by Gasteiger charge is 2.27. The van der Waals surface area contributed by atoms with E-state index in [0.717, 1.165) is 60.7 Å². The number of amides is 1. The molecule has 152 valence electrons. The summed E-state index contributed by atoms with van der Waals surface area (Å²) >= 11 is 0. The maximum atomic E-state index is 13.0. The molecule has 0 aliphatic heterocycles. The molecule has 0 bridgehead atoms. The van der Waals surface area contributed by atoms with Gasteiger partial charge < -0.3 is 10.1 Å². The highest BCUT2D eigenvalue weighted by molar-refractivity contribution is 6.05. The standard InChI is InChI=1S/C24H28N2O3/c1-16(23(27)25-15-14-17-8-3-2-4-9-17)29-24(28)22-18-10-5-6-12-20(18)26-21-13-7-11-19(21)22/h5-6,8,10,12,16H,2-4,7,9,11,13-15H2,1H3,(H,25,27)/t16-/m1/s1. The summed E-state index contributed by atoms with van der Waals surface area (Å²) in [6.45, 7) is 2.22. The second kappa shape index (κ2) is 8.76. The Balaban J connectivity index is 1.42. The third-order valence-electron chi connectivity index (χ3n) is 5.91. The van der Waals surface area contributed by atoms with Gasteiger partial charge in [0.15, 0.2) is 6.10 Å². The quantitative estimate of drug-likeness (QED) is 0.589. The van der Waals surface area contributed by atoms with Crippen LogP contribution in [0.5, 0.6) is 0 Å². The van der Waals surface area contributed by atoms with Crippen LogP contribution in [0.15, 0.2) is 35.9 Å². The molecule has 0 spiro atoms. The van der Waals surface area contributed by atoms with Gasteiger partial charge in [-0.2, -0.15) is 0 Å². The first-order chi connectivity index (χ1) is 14.1. The summed E-state index contributed by atoms with van der Waals surface area (Å²) < 4.78 is 5.58. The monoisotopic (exact) mass is 392 g/mol. The molecule has 0 unspecified atom stereocenters. The smallest absolute Gasteiger partial charge is 0.339 e. The summed E-state index contributed by atoms with van der Waals surface area (Å²) in [5.74, 6) is -0.677. The predicted molar refractivity (Wildman–Crippen MR) is 113 cm³/mol. The number of nitrogens with zero attached hydrogens (tertiary/aromatic N) is 1. The zero-order valence-electron chi connectivity index (χ0n) is 17.0. The molecule has 1 aromatic carbocycles. The van der Waals surface area contributed by atoms with Crippen LogP contribution in [0.4, 0.5) is 0 Å². The van der Waals surface area contributed by atoms with Crippen LogP contribution in [0.1, 0.15) is 67.1 Å². The Kier molecular flexibility index (Phi) is 5.93. The fourth-order valence-corrected chi connectivity index (χ4v) is 4.34. The Morgan fingerprint density at radius 1 is 1.14 bits per heavy atom. The third kappa shape index (κ3) is 4.34. The second-order valence-corrected chi connectivity index (χ2v) is 7.98. The van der Waals surface area contributed by atoms with E-state index in [0.29, 0.717) is 12.1 Å². The number of aryl methyl sites for hydroxylation is 1. The van der Waals surface area contributed by atoms with Crippen molar-refractivity contribution in [1.29, 1.82) is 0 Å². The van der Waals surface area contributed by atoms with E-state index >= 15 is 0 Å². The summed E-state index contributed by atoms with van der Waals surface area (Å²) in [5.41, 5.74) is 4.76. The van der Waals surface area contributed by atoms with Crippen molar-refractivity contribution >= 4 is 22.8 Å². The third-order valence-corrected chi connectivity index (χ3v) is 5.91. The van der Waals surface area contributed by atoms with Crippen molar-refractivity contribution in [2.45, 2.75) is 64.4 Å². The molecule has 2 aromatic rings. The van der Waals surface area contributed by atoms with E-state index in [4.69, 9.17) is 9.72 Å². The SMILES string of the molecule is C[C@@H](OC(=O)c1c2c(nc3ccccc13)CCC2)C(=O)NCCC1=CCCCC1. The van der Waals surface area contributed by atoms with Crippen LogP contribution in [0.3, 0.4) is 0 Å². The number of allylic oxidation sites excluding steroid dienone is 1. The minimum atomic E-state index is -0.827. The van der Waals surface area contributed by atoms with Gasteiger partial charge in [-0.05, 0) is 69.9 Å². The van der Waals surface area contributed by atoms with E-state index in [9.17, 15) is 9.59 Å². The Bertz CT molecular complexity index is 964. The molecule has 0 saturated heterocycles. The van der Waals surface area contributed by atoms with Crippen molar-refractivity contribution in [3.8, 4) is 0 Å². The highest BCUT2D eigenvalue weighted by Crippen LogP contribution is 2.30. The van der Waals surface area contributed by atoms with Crippen LogP contribution in [0, 0.1) is 0 Å². The normalized spacial score (nSPS) is 16.8. The number of benzene rings is 1. The first-order valence-electron chi connectivity index (χ1n) is 10.7. The van der Waals surface area contributed by atoms with Crippen LogP contribution >= 0.6 is 0 Å². The minimum absolute atomic E-state index is 0.246. The highest BCUT2D eigenvalue weighted by atomic mass is 16.5. The van der Waals surface area contributed by atoms with Gasteiger partial charge in [0.05, 0.1) is 11.1 Å². The molecule has 2 aliphatic rings. The van der Waals surface area contributed by atoms with Crippen molar-refractivity contribution in [2.24, 2.45) is 0 Å². The first-order valence-corrected chi connectivity index (χ1v) is 10.7. The van der Waals surface area contributed by atoms with Crippen LogP contribution in [0.2, 0.25) is 0 Å². The molecule has 1 N–H and O–H groups in total. The molecular formula is C24H28N2O3. The minimum Gasteiger partial charge on any atom is -0.449 e. The molecule has 1 aromatic heterocycles. The van der Waals surface area contributed by atoms with Gasteiger partial charge in [-0.25, -0.2) is 4.79 Å². The zero-order valence-corrected chi connectivity index (χ0v) is 17.0. The Labute approximate surface area is 171 Å². The number of carbonyl (C=O) groups is 2. The molecule has 5 nitrogen and oxygen atoms in total. The average Bonchev–Trinajstić information content (AvgIpc) is 3.20. The summed E-state index contributed by atoms with van der Waals surface area (Å²) in [6, 6.07) is 7.64. The molecule has 0 fully saturated rings. The summed E-state index contributed by atoms with van der Waals surface area (Å²) in [5, 5.41) is 3.71. The van der Waals surface area contributed by atoms with E-state index < -0.39 is 12.1 Å². The molecule has 2 aliphatic carbocycles. The fraction of sp³-hybridized carbons (Fsp3) is 0.458. The van der Waals surface area contributed by atoms with Crippen molar-refractivity contribution in [2.75, 3.05) is 6.54 Å². The number of rotatable bonds is 6. The lowest BCUT2D eigenvalue weighted by molar-refractivity contribution is -0.129. The van der Waals surface area contributed by atoms with Gasteiger partial charge in [-0.15, -0.1) is 0 Å². The molecule has 4 rings (SSSR count). The van der Waals surface area contributed by atoms with E-state index in [1.165, 1.54) is 18.4 Å². The summed E-state index contributed by atoms with van der Waals surface area (Å²) in [4.78, 5) is 30.1. The molecule has 1 amide bonds. The lowest BCUT2D eigenvalue weighted by Crippen LogP contribution is -2.36. The topological polar surface area (TPSA) is 68.3 Å². The van der Waals surface area contributed by atoms with Crippen molar-refractivity contribution in [3.63, 3.8) is 0 Å². The average molecular weight is 392 g/mol. The number of esters is 1. The van der Waals surface area contributed by atoms with Gasteiger partial charge >= 0.3 is 5.97 Å². The molecule has 1 heterocycles. The largest absolute Gasteiger partial charge is 0.449 e. The number of fused-ring (bicyclic) bond motifs is 2. The van der Waals surface area contributed by atoms with E-state index in [1.807, 2.05) is 24.3 Å². The second-order valence-electron chi connectivity index (χ2n) is 7.98. The van der Waals surface area contributed by atoms with Crippen molar-refractivity contribution < 1.29 is 14.3 Å². The van der Waals surface area contributed by atoms with E-state index in [2.05, 4.69) is 11.4 Å². The lowest BCUT2D eigenvalue weighted by atomic mass is 9.97. The molecule has 0 saturated carbocycles. The number of hydrogen-bond acceptors (Lipinski definition) is 4. The lowest BCUT2D eigenvalue weighted by Gasteiger charge is -2.17. The number of ether oxygens (including phenoxy) is 1.